The molecule has 1 aliphatic heterocycles. The van der Waals surface area contributed by atoms with Crippen molar-refractivity contribution < 1.29 is 14.1 Å². The van der Waals surface area contributed by atoms with E-state index in [0.29, 0.717) is 41.3 Å². The summed E-state index contributed by atoms with van der Waals surface area (Å²) >= 11 is 5.99. The van der Waals surface area contributed by atoms with E-state index in [9.17, 15) is 4.79 Å². The molecule has 144 valence electrons. The van der Waals surface area contributed by atoms with Crippen LogP contribution in [0.25, 0.3) is 11.4 Å². The van der Waals surface area contributed by atoms with Crippen molar-refractivity contribution >= 4 is 23.2 Å². The highest BCUT2D eigenvalue weighted by molar-refractivity contribution is 6.31. The topological polar surface area (TPSA) is 93.4 Å². The summed E-state index contributed by atoms with van der Waals surface area (Å²) < 4.78 is 10.6. The molecule has 0 bridgehead atoms. The highest BCUT2D eigenvalue weighted by Crippen LogP contribution is 2.29. The minimum atomic E-state index is -0.138. The molecule has 0 spiro atoms. The molecular formula is C19H18ClN5O3. The number of carbonyl (C=O) groups excluding carboxylic acids is 1. The van der Waals surface area contributed by atoms with E-state index in [-0.39, 0.29) is 18.4 Å². The molecule has 9 heteroatoms. The largest absolute Gasteiger partial charge is 0.495 e. The van der Waals surface area contributed by atoms with Crippen LogP contribution in [-0.2, 0) is 4.79 Å². The molecular weight excluding hydrogens is 382 g/mol. The van der Waals surface area contributed by atoms with Gasteiger partial charge >= 0.3 is 0 Å². The first-order valence-electron chi connectivity index (χ1n) is 8.72. The summed E-state index contributed by atoms with van der Waals surface area (Å²) in [6, 6.07) is 8.79. The van der Waals surface area contributed by atoms with Crippen LogP contribution in [0, 0.1) is 0 Å². The van der Waals surface area contributed by atoms with Crippen LogP contribution < -0.4 is 10.1 Å². The number of amides is 1. The molecule has 1 N–H and O–H groups in total. The second-order valence-electron chi connectivity index (χ2n) is 6.48. The number of aromatic nitrogens is 3. The average Bonchev–Trinajstić information content (AvgIpc) is 3.15. The Morgan fingerprint density at radius 1 is 1.39 bits per heavy atom. The van der Waals surface area contributed by atoms with Crippen molar-refractivity contribution in [3.8, 4) is 17.1 Å². The van der Waals surface area contributed by atoms with Crippen LogP contribution >= 0.6 is 11.6 Å². The SMILES string of the molecule is COc1ccc(Cl)cc1NC(=O)CN1CC(c2nc(-c3cccnc3)no2)C1. The number of rotatable bonds is 6. The number of halogens is 1. The maximum atomic E-state index is 12.3. The second-order valence-corrected chi connectivity index (χ2v) is 6.92. The molecule has 3 aromatic rings. The third kappa shape index (κ3) is 3.97. The monoisotopic (exact) mass is 399 g/mol. The molecule has 28 heavy (non-hydrogen) atoms. The van der Waals surface area contributed by atoms with Gasteiger partial charge in [-0.25, -0.2) is 0 Å². The number of nitrogens with zero attached hydrogens (tertiary/aromatic N) is 4. The lowest BCUT2D eigenvalue weighted by Gasteiger charge is -2.36. The fraction of sp³-hybridized carbons (Fsp3) is 0.263. The number of methoxy groups -OCH3 is 1. The van der Waals surface area contributed by atoms with Gasteiger partial charge in [0.25, 0.3) is 0 Å². The van der Waals surface area contributed by atoms with Crippen LogP contribution in [0.3, 0.4) is 0 Å². The lowest BCUT2D eigenvalue weighted by molar-refractivity contribution is -0.118. The van der Waals surface area contributed by atoms with Gasteiger partial charge in [-0.05, 0) is 30.3 Å². The third-order valence-electron chi connectivity index (χ3n) is 4.47. The summed E-state index contributed by atoms with van der Waals surface area (Å²) in [5, 5.41) is 7.37. The number of likely N-dealkylation sites (tertiary alicyclic amines) is 1. The summed E-state index contributed by atoms with van der Waals surface area (Å²) in [6.45, 7) is 1.61. The fourth-order valence-corrected chi connectivity index (χ4v) is 3.21. The van der Waals surface area contributed by atoms with E-state index in [1.807, 2.05) is 17.0 Å². The van der Waals surface area contributed by atoms with Crippen LogP contribution in [0.2, 0.25) is 5.02 Å². The Kier molecular flexibility index (Phi) is 5.23. The lowest BCUT2D eigenvalue weighted by atomic mass is 10.0. The number of ether oxygens (including phenoxy) is 1. The minimum Gasteiger partial charge on any atom is -0.495 e. The third-order valence-corrected chi connectivity index (χ3v) is 4.71. The first kappa shape index (κ1) is 18.4. The number of carbonyl (C=O) groups is 1. The van der Waals surface area contributed by atoms with Gasteiger partial charge in [0, 0.05) is 36.1 Å². The summed E-state index contributed by atoms with van der Waals surface area (Å²) in [7, 11) is 1.54. The number of pyridine rings is 1. The second kappa shape index (κ2) is 7.95. The van der Waals surface area contributed by atoms with Gasteiger partial charge in [0.15, 0.2) is 0 Å². The molecule has 0 radical (unpaired) electrons. The lowest BCUT2D eigenvalue weighted by Crippen LogP contribution is -2.48. The maximum Gasteiger partial charge on any atom is 0.238 e. The summed E-state index contributed by atoms with van der Waals surface area (Å²) in [4.78, 5) is 22.8. The van der Waals surface area contributed by atoms with Gasteiger partial charge < -0.3 is 14.6 Å². The molecule has 0 aliphatic carbocycles. The van der Waals surface area contributed by atoms with E-state index in [0.717, 1.165) is 5.56 Å². The molecule has 1 amide bonds. The quantitative estimate of drug-likeness (QED) is 0.681. The standard InChI is InChI=1S/C19H18ClN5O3/c1-27-16-5-4-14(20)7-15(16)22-17(26)11-25-9-13(10-25)19-23-18(24-28-19)12-3-2-6-21-8-12/h2-8,13H,9-11H2,1H3,(H,22,26). The Bertz CT molecular complexity index is 973. The molecule has 3 heterocycles. The van der Waals surface area contributed by atoms with Gasteiger partial charge in [0.2, 0.25) is 17.6 Å². The van der Waals surface area contributed by atoms with E-state index in [1.165, 1.54) is 0 Å². The van der Waals surface area contributed by atoms with E-state index in [1.54, 1.807) is 37.7 Å². The summed E-state index contributed by atoms with van der Waals surface area (Å²) in [5.74, 6) is 1.64. The molecule has 0 atom stereocenters. The molecule has 0 saturated carbocycles. The van der Waals surface area contributed by atoms with Crippen molar-refractivity contribution in [2.75, 3.05) is 32.1 Å². The zero-order valence-corrected chi connectivity index (χ0v) is 15.9. The zero-order valence-electron chi connectivity index (χ0n) is 15.1. The molecule has 1 saturated heterocycles. The molecule has 2 aromatic heterocycles. The van der Waals surface area contributed by atoms with E-state index < -0.39 is 0 Å². The highest BCUT2D eigenvalue weighted by atomic mass is 35.5. The average molecular weight is 400 g/mol. The van der Waals surface area contributed by atoms with Crippen molar-refractivity contribution in [2.24, 2.45) is 0 Å². The smallest absolute Gasteiger partial charge is 0.238 e. The van der Waals surface area contributed by atoms with Gasteiger partial charge in [0.1, 0.15) is 5.75 Å². The maximum absolute atomic E-state index is 12.3. The first-order valence-corrected chi connectivity index (χ1v) is 9.10. The number of benzene rings is 1. The number of hydrogen-bond acceptors (Lipinski definition) is 7. The van der Waals surface area contributed by atoms with Crippen molar-refractivity contribution in [1.82, 2.24) is 20.0 Å². The van der Waals surface area contributed by atoms with Gasteiger partial charge in [-0.2, -0.15) is 4.98 Å². The van der Waals surface area contributed by atoms with Crippen LogP contribution in [0.1, 0.15) is 11.8 Å². The van der Waals surface area contributed by atoms with Gasteiger partial charge in [-0.1, -0.05) is 16.8 Å². The normalized spacial score (nSPS) is 14.5. The van der Waals surface area contributed by atoms with Crippen molar-refractivity contribution in [2.45, 2.75) is 5.92 Å². The van der Waals surface area contributed by atoms with Gasteiger partial charge in [0.05, 0.1) is 25.3 Å². The Labute approximate surface area is 166 Å². The van der Waals surface area contributed by atoms with Crippen molar-refractivity contribution in [3.05, 3.63) is 53.6 Å². The predicted molar refractivity (Wildman–Crippen MR) is 103 cm³/mol. The predicted octanol–water partition coefficient (Wildman–Crippen LogP) is 2.83. The fourth-order valence-electron chi connectivity index (χ4n) is 3.04. The van der Waals surface area contributed by atoms with Crippen LogP contribution in [0.5, 0.6) is 5.75 Å². The molecule has 1 aromatic carbocycles. The molecule has 1 aliphatic rings. The van der Waals surface area contributed by atoms with Gasteiger partial charge in [-0.15, -0.1) is 0 Å². The minimum absolute atomic E-state index is 0.117. The number of nitrogens with one attached hydrogen (secondary N) is 1. The molecule has 0 unspecified atom stereocenters. The number of anilines is 1. The summed E-state index contributed by atoms with van der Waals surface area (Å²) in [5.41, 5.74) is 1.36. The highest BCUT2D eigenvalue weighted by Gasteiger charge is 2.33. The van der Waals surface area contributed by atoms with Gasteiger partial charge in [-0.3, -0.25) is 14.7 Å². The molecule has 4 rings (SSSR count). The Balaban J connectivity index is 1.31. The first-order chi connectivity index (χ1) is 13.6. The van der Waals surface area contributed by atoms with E-state index in [4.69, 9.17) is 20.9 Å². The van der Waals surface area contributed by atoms with Crippen LogP contribution in [0.15, 0.2) is 47.2 Å². The number of hydrogen-bond donors (Lipinski definition) is 1. The Morgan fingerprint density at radius 2 is 2.25 bits per heavy atom. The van der Waals surface area contributed by atoms with Crippen LogP contribution in [0.4, 0.5) is 5.69 Å². The molecule has 8 nitrogen and oxygen atoms in total. The van der Waals surface area contributed by atoms with E-state index >= 15 is 0 Å². The summed E-state index contributed by atoms with van der Waals surface area (Å²) in [6.07, 6.45) is 3.38. The van der Waals surface area contributed by atoms with Crippen molar-refractivity contribution in [3.63, 3.8) is 0 Å². The zero-order chi connectivity index (χ0) is 19.5. The Morgan fingerprint density at radius 3 is 3.00 bits per heavy atom. The van der Waals surface area contributed by atoms with E-state index in [2.05, 4.69) is 20.4 Å². The van der Waals surface area contributed by atoms with Crippen molar-refractivity contribution in [1.29, 1.82) is 0 Å². The molecule has 1 fully saturated rings. The Hall–Kier alpha value is -2.97. The van der Waals surface area contributed by atoms with Crippen LogP contribution in [-0.4, -0.2) is 52.7 Å².